The van der Waals surface area contributed by atoms with Gasteiger partial charge in [0.25, 0.3) is 0 Å². The van der Waals surface area contributed by atoms with E-state index in [0.29, 0.717) is 5.69 Å². The van der Waals surface area contributed by atoms with Gasteiger partial charge in [-0.25, -0.2) is 8.42 Å². The summed E-state index contributed by atoms with van der Waals surface area (Å²) in [5.41, 5.74) is 1.70. The van der Waals surface area contributed by atoms with E-state index in [2.05, 4.69) is 20.5 Å². The first-order valence-corrected chi connectivity index (χ1v) is 10.6. The number of sulfonamides is 1. The van der Waals surface area contributed by atoms with E-state index >= 15 is 0 Å². The molecule has 9 nitrogen and oxygen atoms in total. The van der Waals surface area contributed by atoms with Crippen LogP contribution >= 0.6 is 0 Å². The Morgan fingerprint density at radius 1 is 1.07 bits per heavy atom. The number of anilines is 1. The lowest BCUT2D eigenvalue weighted by Gasteiger charge is -2.14. The maximum atomic E-state index is 12.5. The summed E-state index contributed by atoms with van der Waals surface area (Å²) in [4.78, 5) is 23.9. The summed E-state index contributed by atoms with van der Waals surface area (Å²) in [6.07, 6.45) is 0. The second kappa shape index (κ2) is 9.19. The highest BCUT2D eigenvalue weighted by atomic mass is 32.2. The summed E-state index contributed by atoms with van der Waals surface area (Å²) in [6.45, 7) is 8.29. The first-order chi connectivity index (χ1) is 13.5. The number of nitrogens with zero attached hydrogens (tertiary/aromatic N) is 1. The number of hydrogen-bond donors (Lipinski definition) is 3. The van der Waals surface area contributed by atoms with Crippen LogP contribution in [0.25, 0.3) is 0 Å². The molecule has 0 unspecified atom stereocenters. The molecule has 2 rings (SSSR count). The van der Waals surface area contributed by atoms with Crippen molar-refractivity contribution in [3.8, 4) is 0 Å². The van der Waals surface area contributed by atoms with Crippen LogP contribution in [0.4, 0.5) is 5.69 Å². The summed E-state index contributed by atoms with van der Waals surface area (Å²) >= 11 is 0. The summed E-state index contributed by atoms with van der Waals surface area (Å²) in [5.74, 6) is -0.514. The van der Waals surface area contributed by atoms with Crippen LogP contribution in [0.5, 0.6) is 0 Å². The first kappa shape index (κ1) is 22.6. The zero-order chi connectivity index (χ0) is 21.8. The molecule has 0 spiro atoms. The lowest BCUT2D eigenvalue weighted by atomic mass is 10.1. The van der Waals surface area contributed by atoms with Gasteiger partial charge in [-0.3, -0.25) is 9.59 Å². The van der Waals surface area contributed by atoms with Crippen molar-refractivity contribution in [3.05, 3.63) is 41.3 Å². The zero-order valence-electron chi connectivity index (χ0n) is 17.1. The van der Waals surface area contributed by atoms with E-state index in [1.165, 1.54) is 20.8 Å². The van der Waals surface area contributed by atoms with Crippen molar-refractivity contribution in [2.75, 3.05) is 5.32 Å². The molecule has 158 valence electrons. The molecule has 29 heavy (non-hydrogen) atoms. The van der Waals surface area contributed by atoms with Crippen molar-refractivity contribution in [2.45, 2.75) is 52.1 Å². The molecule has 1 aromatic heterocycles. The fourth-order valence-electron chi connectivity index (χ4n) is 2.54. The Morgan fingerprint density at radius 2 is 1.69 bits per heavy atom. The highest BCUT2D eigenvalue weighted by Crippen LogP contribution is 2.19. The summed E-state index contributed by atoms with van der Waals surface area (Å²) in [7, 11) is -3.94. The lowest BCUT2D eigenvalue weighted by Crippen LogP contribution is -2.44. The average Bonchev–Trinajstić information content (AvgIpc) is 2.99. The summed E-state index contributed by atoms with van der Waals surface area (Å²) in [5, 5.41) is 9.09. The minimum atomic E-state index is -3.94. The number of amides is 2. The molecule has 0 radical (unpaired) electrons. The molecule has 2 aromatic rings. The maximum Gasteiger partial charge on any atom is 0.246 e. The number of rotatable bonds is 8. The minimum Gasteiger partial charge on any atom is -0.360 e. The van der Waals surface area contributed by atoms with Crippen molar-refractivity contribution in [3.63, 3.8) is 0 Å². The number of benzene rings is 1. The van der Waals surface area contributed by atoms with Gasteiger partial charge in [-0.1, -0.05) is 31.1 Å². The molecule has 1 heterocycles. The van der Waals surface area contributed by atoms with Gasteiger partial charge in [0, 0.05) is 18.2 Å². The highest BCUT2D eigenvalue weighted by Gasteiger charge is 2.28. The Balaban J connectivity index is 1.92. The van der Waals surface area contributed by atoms with Crippen molar-refractivity contribution in [2.24, 2.45) is 5.92 Å². The molecule has 0 aliphatic rings. The van der Waals surface area contributed by atoms with Crippen LogP contribution in [0.1, 0.15) is 37.8 Å². The maximum absolute atomic E-state index is 12.5. The molecule has 1 aromatic carbocycles. The molecule has 0 fully saturated rings. The first-order valence-electron chi connectivity index (χ1n) is 9.14. The normalized spacial score (nSPS) is 12.6. The number of nitrogens with one attached hydrogen (secondary N) is 3. The fraction of sp³-hybridized carbons (Fsp3) is 0.421. The van der Waals surface area contributed by atoms with Crippen LogP contribution in [-0.2, 0) is 26.2 Å². The smallest absolute Gasteiger partial charge is 0.246 e. The monoisotopic (exact) mass is 422 g/mol. The number of aromatic nitrogens is 1. The molecule has 0 saturated carbocycles. The van der Waals surface area contributed by atoms with E-state index in [-0.39, 0.29) is 34.7 Å². The van der Waals surface area contributed by atoms with Gasteiger partial charge in [0.05, 0.1) is 6.04 Å². The van der Waals surface area contributed by atoms with Crippen molar-refractivity contribution >= 4 is 27.5 Å². The van der Waals surface area contributed by atoms with Crippen LogP contribution < -0.4 is 15.4 Å². The van der Waals surface area contributed by atoms with Crippen LogP contribution in [0.3, 0.4) is 0 Å². The Kier molecular flexibility index (Phi) is 7.15. The molecular formula is C19H26N4O5S. The molecule has 0 aliphatic heterocycles. The predicted octanol–water partition coefficient (Wildman–Crippen LogP) is 1.87. The average molecular weight is 423 g/mol. The van der Waals surface area contributed by atoms with E-state index in [9.17, 15) is 18.0 Å². The Bertz CT molecular complexity index is 961. The van der Waals surface area contributed by atoms with Gasteiger partial charge < -0.3 is 15.2 Å². The molecule has 0 saturated heterocycles. The predicted molar refractivity (Wildman–Crippen MR) is 108 cm³/mol. The largest absolute Gasteiger partial charge is 0.360 e. The lowest BCUT2D eigenvalue weighted by molar-refractivity contribution is -0.122. The highest BCUT2D eigenvalue weighted by molar-refractivity contribution is 7.89. The standard InChI is InChI=1S/C19H26N4O5S/c1-11(2)18(24)21-16-8-6-15(7-9-16)10-20-19(25)13(4)23-29(26,27)17-12(3)22-28-14(17)5/h6-9,11,13,23H,10H2,1-5H3,(H,20,25)(H,21,24)/t13-/m0/s1. The molecule has 0 bridgehead atoms. The van der Waals surface area contributed by atoms with Crippen LogP contribution in [0, 0.1) is 19.8 Å². The number of carbonyl (C=O) groups excluding carboxylic acids is 2. The van der Waals surface area contributed by atoms with E-state index in [0.717, 1.165) is 5.56 Å². The third-order valence-electron chi connectivity index (χ3n) is 4.17. The Labute approximate surface area is 170 Å². The quantitative estimate of drug-likeness (QED) is 0.595. The second-order valence-electron chi connectivity index (χ2n) is 7.05. The van der Waals surface area contributed by atoms with Crippen LogP contribution in [-0.4, -0.2) is 31.4 Å². The van der Waals surface area contributed by atoms with Gasteiger partial charge in [0.2, 0.25) is 21.8 Å². The van der Waals surface area contributed by atoms with E-state index in [1.807, 2.05) is 0 Å². The minimum absolute atomic E-state index is 0.0591. The van der Waals surface area contributed by atoms with Crippen LogP contribution in [0.15, 0.2) is 33.7 Å². The summed E-state index contributed by atoms with van der Waals surface area (Å²) in [6, 6.07) is 6.04. The van der Waals surface area contributed by atoms with Gasteiger partial charge in [-0.05, 0) is 38.5 Å². The third kappa shape index (κ3) is 5.88. The molecule has 3 N–H and O–H groups in total. The SMILES string of the molecule is Cc1noc(C)c1S(=O)(=O)N[C@@H](C)C(=O)NCc1ccc(NC(=O)C(C)C)cc1. The van der Waals surface area contributed by atoms with Crippen molar-refractivity contribution < 1.29 is 22.5 Å². The van der Waals surface area contributed by atoms with Gasteiger partial charge in [0.15, 0.2) is 5.76 Å². The second-order valence-corrected chi connectivity index (χ2v) is 8.71. The summed E-state index contributed by atoms with van der Waals surface area (Å²) < 4.78 is 32.2. The van der Waals surface area contributed by atoms with E-state index < -0.39 is 22.0 Å². The molecule has 1 atom stereocenters. The van der Waals surface area contributed by atoms with Gasteiger partial charge in [-0.2, -0.15) is 4.72 Å². The molecule has 0 aliphatic carbocycles. The molecule has 10 heteroatoms. The molecule has 2 amide bonds. The third-order valence-corrected chi connectivity index (χ3v) is 5.96. The van der Waals surface area contributed by atoms with Gasteiger partial charge in [-0.15, -0.1) is 0 Å². The zero-order valence-corrected chi connectivity index (χ0v) is 17.9. The van der Waals surface area contributed by atoms with Crippen molar-refractivity contribution in [1.82, 2.24) is 15.2 Å². The topological polar surface area (TPSA) is 130 Å². The van der Waals surface area contributed by atoms with Gasteiger partial charge >= 0.3 is 0 Å². The van der Waals surface area contributed by atoms with Gasteiger partial charge in [0.1, 0.15) is 10.6 Å². The number of aryl methyl sites for hydroxylation is 2. The van der Waals surface area contributed by atoms with Crippen LogP contribution in [0.2, 0.25) is 0 Å². The van der Waals surface area contributed by atoms with Crippen molar-refractivity contribution in [1.29, 1.82) is 0 Å². The fourth-order valence-corrected chi connectivity index (χ4v) is 4.07. The Morgan fingerprint density at radius 3 is 2.21 bits per heavy atom. The molecular weight excluding hydrogens is 396 g/mol. The Hall–Kier alpha value is -2.72. The van der Waals surface area contributed by atoms with E-state index in [4.69, 9.17) is 4.52 Å². The number of carbonyl (C=O) groups is 2. The number of hydrogen-bond acceptors (Lipinski definition) is 6. The van der Waals surface area contributed by atoms with E-state index in [1.54, 1.807) is 38.1 Å².